The quantitative estimate of drug-likeness (QED) is 0.748. The van der Waals surface area contributed by atoms with Crippen LogP contribution in [0.3, 0.4) is 0 Å². The van der Waals surface area contributed by atoms with E-state index in [0.717, 1.165) is 11.3 Å². The van der Waals surface area contributed by atoms with E-state index in [-0.39, 0.29) is 11.7 Å². The molecule has 0 aliphatic carbocycles. The molecule has 0 aromatic heterocycles. The molecule has 132 valence electrons. The molecule has 0 heterocycles. The summed E-state index contributed by atoms with van der Waals surface area (Å²) in [5, 5.41) is 2.84. The summed E-state index contributed by atoms with van der Waals surface area (Å²) in [5.74, 6) is 1.21. The maximum Gasteiger partial charge on any atom is 0.261 e. The third-order valence-electron chi connectivity index (χ3n) is 3.81. The van der Waals surface area contributed by atoms with Crippen LogP contribution in [-0.2, 0) is 11.3 Å². The van der Waals surface area contributed by atoms with Gasteiger partial charge < -0.3 is 14.8 Å². The van der Waals surface area contributed by atoms with Gasteiger partial charge in [0.15, 0.2) is 11.9 Å². The van der Waals surface area contributed by atoms with Gasteiger partial charge in [0, 0.05) is 18.5 Å². The molecule has 5 heteroatoms. The number of nitrogens with one attached hydrogen (secondary N) is 1. The molecule has 0 saturated carbocycles. The number of hydrogen-bond donors (Lipinski definition) is 1. The summed E-state index contributed by atoms with van der Waals surface area (Å²) < 4.78 is 10.7. The molecule has 0 spiro atoms. The van der Waals surface area contributed by atoms with Gasteiger partial charge in [-0.2, -0.15) is 0 Å². The Hall–Kier alpha value is -2.82. The van der Waals surface area contributed by atoms with Crippen LogP contribution in [0.4, 0.5) is 0 Å². The van der Waals surface area contributed by atoms with Crippen LogP contribution in [0.15, 0.2) is 48.5 Å². The second-order valence-corrected chi connectivity index (χ2v) is 5.63. The number of methoxy groups -OCH3 is 1. The van der Waals surface area contributed by atoms with Crippen molar-refractivity contribution in [2.24, 2.45) is 0 Å². The van der Waals surface area contributed by atoms with Crippen LogP contribution in [0.1, 0.15) is 36.2 Å². The molecule has 1 atom stereocenters. The Balaban J connectivity index is 1.85. The highest BCUT2D eigenvalue weighted by molar-refractivity contribution is 5.95. The number of Topliss-reactive ketones (excluding diaryl/α,β-unsaturated/α-hetero) is 1. The normalized spacial score (nSPS) is 11.5. The lowest BCUT2D eigenvalue weighted by Crippen LogP contribution is -2.35. The largest absolute Gasteiger partial charge is 0.497 e. The highest BCUT2D eigenvalue weighted by atomic mass is 16.5. The van der Waals surface area contributed by atoms with Crippen molar-refractivity contribution in [3.8, 4) is 11.5 Å². The monoisotopic (exact) mass is 341 g/mol. The molecule has 25 heavy (non-hydrogen) atoms. The maximum atomic E-state index is 12.2. The average Bonchev–Trinajstić information content (AvgIpc) is 2.66. The molecular weight excluding hydrogens is 318 g/mol. The predicted molar refractivity (Wildman–Crippen MR) is 96.0 cm³/mol. The van der Waals surface area contributed by atoms with Crippen molar-refractivity contribution in [3.63, 3.8) is 0 Å². The molecule has 0 unspecified atom stereocenters. The lowest BCUT2D eigenvalue weighted by atomic mass is 10.1. The van der Waals surface area contributed by atoms with Gasteiger partial charge >= 0.3 is 0 Å². The van der Waals surface area contributed by atoms with Gasteiger partial charge in [0.2, 0.25) is 0 Å². The fourth-order valence-corrected chi connectivity index (χ4v) is 2.26. The summed E-state index contributed by atoms with van der Waals surface area (Å²) in [6.07, 6.45) is -0.171. The number of ketones is 1. The van der Waals surface area contributed by atoms with E-state index in [9.17, 15) is 9.59 Å². The number of hydrogen-bond acceptors (Lipinski definition) is 4. The van der Waals surface area contributed by atoms with Crippen molar-refractivity contribution in [1.29, 1.82) is 0 Å². The Kier molecular flexibility index (Phi) is 6.57. The summed E-state index contributed by atoms with van der Waals surface area (Å²) in [6, 6.07) is 14.3. The van der Waals surface area contributed by atoms with Crippen molar-refractivity contribution in [2.45, 2.75) is 32.9 Å². The van der Waals surface area contributed by atoms with E-state index in [1.54, 1.807) is 38.3 Å². The Labute approximate surface area is 148 Å². The van der Waals surface area contributed by atoms with Crippen molar-refractivity contribution >= 4 is 11.7 Å². The van der Waals surface area contributed by atoms with E-state index in [0.29, 0.717) is 24.3 Å². The first kappa shape index (κ1) is 18.5. The molecular formula is C20H23NO4. The first-order valence-corrected chi connectivity index (χ1v) is 8.24. The van der Waals surface area contributed by atoms with Crippen LogP contribution in [0, 0.1) is 0 Å². The number of rotatable bonds is 8. The third kappa shape index (κ3) is 5.35. The summed E-state index contributed by atoms with van der Waals surface area (Å²) >= 11 is 0. The highest BCUT2D eigenvalue weighted by Crippen LogP contribution is 2.15. The van der Waals surface area contributed by atoms with Crippen LogP contribution in [0.5, 0.6) is 11.5 Å². The highest BCUT2D eigenvalue weighted by Gasteiger charge is 2.14. The van der Waals surface area contributed by atoms with Crippen LogP contribution in [0.2, 0.25) is 0 Å². The Morgan fingerprint density at radius 2 is 1.60 bits per heavy atom. The van der Waals surface area contributed by atoms with Gasteiger partial charge in [-0.25, -0.2) is 0 Å². The molecule has 2 aromatic carbocycles. The van der Waals surface area contributed by atoms with Crippen molar-refractivity contribution in [1.82, 2.24) is 5.32 Å². The molecule has 2 rings (SSSR count). The van der Waals surface area contributed by atoms with Gasteiger partial charge in [-0.3, -0.25) is 9.59 Å². The molecule has 0 radical (unpaired) electrons. The van der Waals surface area contributed by atoms with E-state index in [1.165, 1.54) is 0 Å². The summed E-state index contributed by atoms with van der Waals surface area (Å²) in [7, 11) is 1.61. The molecule has 0 bridgehead atoms. The Morgan fingerprint density at radius 3 is 2.16 bits per heavy atom. The number of ether oxygens (including phenoxy) is 2. The van der Waals surface area contributed by atoms with Gasteiger partial charge in [-0.15, -0.1) is 0 Å². The number of carbonyl (C=O) groups is 2. The first-order chi connectivity index (χ1) is 12.0. The van der Waals surface area contributed by atoms with Crippen LogP contribution >= 0.6 is 0 Å². The van der Waals surface area contributed by atoms with Crippen molar-refractivity contribution in [3.05, 3.63) is 59.7 Å². The topological polar surface area (TPSA) is 64.6 Å². The van der Waals surface area contributed by atoms with Crippen molar-refractivity contribution < 1.29 is 19.1 Å². The third-order valence-corrected chi connectivity index (χ3v) is 3.81. The number of carbonyl (C=O) groups excluding carboxylic acids is 2. The van der Waals surface area contributed by atoms with Gasteiger partial charge in [0.05, 0.1) is 7.11 Å². The van der Waals surface area contributed by atoms with Gasteiger partial charge in [-0.1, -0.05) is 19.1 Å². The van der Waals surface area contributed by atoms with E-state index in [1.807, 2.05) is 31.2 Å². The SMILES string of the molecule is CCC(=O)c1ccc(O[C@H](C)C(=O)NCc2ccc(OC)cc2)cc1. The lowest BCUT2D eigenvalue weighted by Gasteiger charge is -2.15. The summed E-state index contributed by atoms with van der Waals surface area (Å²) in [4.78, 5) is 23.8. The lowest BCUT2D eigenvalue weighted by molar-refractivity contribution is -0.127. The molecule has 1 N–H and O–H groups in total. The zero-order chi connectivity index (χ0) is 18.2. The Morgan fingerprint density at radius 1 is 1.00 bits per heavy atom. The van der Waals surface area contributed by atoms with Crippen LogP contribution < -0.4 is 14.8 Å². The molecule has 0 fully saturated rings. The molecule has 0 saturated heterocycles. The smallest absolute Gasteiger partial charge is 0.261 e. The second-order valence-electron chi connectivity index (χ2n) is 5.63. The fraction of sp³-hybridized carbons (Fsp3) is 0.300. The van der Waals surface area contributed by atoms with Crippen LogP contribution in [-0.4, -0.2) is 24.9 Å². The number of amides is 1. The fourth-order valence-electron chi connectivity index (χ4n) is 2.26. The van der Waals surface area contributed by atoms with E-state index < -0.39 is 6.10 Å². The second kappa shape index (κ2) is 8.87. The minimum atomic E-state index is -0.633. The minimum Gasteiger partial charge on any atom is -0.497 e. The van der Waals surface area contributed by atoms with E-state index in [4.69, 9.17) is 9.47 Å². The predicted octanol–water partition coefficient (Wildman–Crippen LogP) is 3.37. The minimum absolute atomic E-state index is 0.0804. The van der Waals surface area contributed by atoms with E-state index in [2.05, 4.69) is 5.32 Å². The summed E-state index contributed by atoms with van der Waals surface area (Å²) in [5.41, 5.74) is 1.62. The average molecular weight is 341 g/mol. The molecule has 1 amide bonds. The molecule has 5 nitrogen and oxygen atoms in total. The molecule has 0 aliphatic heterocycles. The number of benzene rings is 2. The van der Waals surface area contributed by atoms with Crippen LogP contribution in [0.25, 0.3) is 0 Å². The molecule has 0 aliphatic rings. The molecule has 2 aromatic rings. The van der Waals surface area contributed by atoms with E-state index >= 15 is 0 Å². The van der Waals surface area contributed by atoms with Gasteiger partial charge in [-0.05, 0) is 48.9 Å². The maximum absolute atomic E-state index is 12.2. The van der Waals surface area contributed by atoms with Gasteiger partial charge in [0.1, 0.15) is 11.5 Å². The zero-order valence-electron chi connectivity index (χ0n) is 14.7. The first-order valence-electron chi connectivity index (χ1n) is 8.24. The zero-order valence-corrected chi connectivity index (χ0v) is 14.7. The van der Waals surface area contributed by atoms with Crippen molar-refractivity contribution in [2.75, 3.05) is 7.11 Å². The standard InChI is InChI=1S/C20H23NO4/c1-4-19(22)16-7-11-18(12-8-16)25-14(2)20(23)21-13-15-5-9-17(24-3)10-6-15/h5-12,14H,4,13H2,1-3H3,(H,21,23)/t14-/m1/s1. The summed E-state index contributed by atoms with van der Waals surface area (Å²) in [6.45, 7) is 3.93. The Bertz CT molecular complexity index is 707. The van der Waals surface area contributed by atoms with Gasteiger partial charge in [0.25, 0.3) is 5.91 Å².